The maximum atomic E-state index is 14.1. The number of anilines is 1. The third kappa shape index (κ3) is 2.33. The van der Waals surface area contributed by atoms with E-state index in [2.05, 4.69) is 4.98 Å². The summed E-state index contributed by atoms with van der Waals surface area (Å²) in [5.74, 6) is -0.415. The fraction of sp³-hybridized carbons (Fsp3) is 0.357. The summed E-state index contributed by atoms with van der Waals surface area (Å²) in [6.45, 7) is 4.05. The van der Waals surface area contributed by atoms with Gasteiger partial charge in [-0.2, -0.15) is 8.42 Å². The highest BCUT2D eigenvalue weighted by Gasteiger charge is 2.34. The van der Waals surface area contributed by atoms with Crippen molar-refractivity contribution >= 4 is 15.7 Å². The zero-order chi connectivity index (χ0) is 15.9. The molecule has 0 saturated carbocycles. The van der Waals surface area contributed by atoms with Crippen LogP contribution in [-0.2, 0) is 10.0 Å². The fourth-order valence-electron chi connectivity index (χ4n) is 2.29. The number of hydrogen-bond donors (Lipinski definition) is 0. The Kier molecular flexibility index (Phi) is 3.56. The van der Waals surface area contributed by atoms with E-state index in [1.54, 1.807) is 10.6 Å². The van der Waals surface area contributed by atoms with Crippen LogP contribution in [0.4, 0.5) is 10.1 Å². The summed E-state index contributed by atoms with van der Waals surface area (Å²) in [6.07, 6.45) is 2.91. The van der Waals surface area contributed by atoms with E-state index in [1.165, 1.54) is 24.7 Å². The first-order valence-corrected chi connectivity index (χ1v) is 8.33. The van der Waals surface area contributed by atoms with Gasteiger partial charge in [-0.25, -0.2) is 9.37 Å². The van der Waals surface area contributed by atoms with Crippen LogP contribution in [-0.4, -0.2) is 31.1 Å². The number of para-hydroxylation sites is 1. The van der Waals surface area contributed by atoms with Gasteiger partial charge >= 0.3 is 0 Å². The number of benzene rings is 1. The summed E-state index contributed by atoms with van der Waals surface area (Å²) in [4.78, 5) is 3.96. The number of aromatic nitrogens is 2. The van der Waals surface area contributed by atoms with Crippen molar-refractivity contribution in [2.75, 3.05) is 17.5 Å². The first-order valence-electron chi connectivity index (χ1n) is 6.89. The largest absolute Gasteiger partial charge is 0.489 e. The van der Waals surface area contributed by atoms with Gasteiger partial charge < -0.3 is 9.30 Å². The standard InChI is InChI=1S/C14H16FN3O3S/c1-10(2)17-8-13(16-9-17)22(19,20)18-6-7-21-12-5-3-4-11(15)14(12)18/h3-5,8-10H,6-7H2,1-2H3. The van der Waals surface area contributed by atoms with Crippen molar-refractivity contribution in [1.29, 1.82) is 0 Å². The minimum absolute atomic E-state index is 0.0464. The van der Waals surface area contributed by atoms with Crippen LogP contribution in [0.15, 0.2) is 35.7 Å². The quantitative estimate of drug-likeness (QED) is 0.868. The Morgan fingerprint density at radius 1 is 1.36 bits per heavy atom. The second kappa shape index (κ2) is 5.28. The van der Waals surface area contributed by atoms with E-state index >= 15 is 0 Å². The Hall–Kier alpha value is -2.09. The molecule has 3 rings (SSSR count). The molecule has 118 valence electrons. The van der Waals surface area contributed by atoms with Crippen LogP contribution >= 0.6 is 0 Å². The summed E-state index contributed by atoms with van der Waals surface area (Å²) in [5, 5.41) is -0.0997. The molecule has 0 fully saturated rings. The van der Waals surface area contributed by atoms with Crippen molar-refractivity contribution in [3.05, 3.63) is 36.5 Å². The van der Waals surface area contributed by atoms with Gasteiger partial charge in [0.1, 0.15) is 18.0 Å². The van der Waals surface area contributed by atoms with Gasteiger partial charge in [-0.15, -0.1) is 0 Å². The van der Waals surface area contributed by atoms with Crippen molar-refractivity contribution in [2.45, 2.75) is 24.9 Å². The highest BCUT2D eigenvalue weighted by molar-refractivity contribution is 7.92. The molecule has 0 amide bonds. The molecule has 2 aromatic rings. The van der Waals surface area contributed by atoms with Crippen LogP contribution in [0.2, 0.25) is 0 Å². The van der Waals surface area contributed by atoms with E-state index in [4.69, 9.17) is 4.74 Å². The van der Waals surface area contributed by atoms with E-state index in [0.29, 0.717) is 0 Å². The molecule has 0 aliphatic carbocycles. The number of rotatable bonds is 3. The van der Waals surface area contributed by atoms with E-state index in [0.717, 1.165) is 4.31 Å². The zero-order valence-corrected chi connectivity index (χ0v) is 13.0. The van der Waals surface area contributed by atoms with Gasteiger partial charge in [-0.3, -0.25) is 4.31 Å². The molecule has 0 unspecified atom stereocenters. The maximum absolute atomic E-state index is 14.1. The van der Waals surface area contributed by atoms with Crippen LogP contribution in [0.1, 0.15) is 19.9 Å². The lowest BCUT2D eigenvalue weighted by atomic mass is 10.2. The molecule has 0 bridgehead atoms. The molecule has 0 N–H and O–H groups in total. The molecule has 1 aliphatic rings. The average molecular weight is 325 g/mol. The second-order valence-electron chi connectivity index (χ2n) is 5.27. The Bertz CT molecular complexity index is 801. The maximum Gasteiger partial charge on any atom is 0.283 e. The number of halogens is 1. The van der Waals surface area contributed by atoms with Crippen molar-refractivity contribution in [3.8, 4) is 5.75 Å². The summed E-state index contributed by atoms with van der Waals surface area (Å²) in [5.41, 5.74) is -0.0622. The molecule has 0 saturated heterocycles. The molecule has 6 nitrogen and oxygen atoms in total. The molecule has 1 aliphatic heterocycles. The first-order chi connectivity index (χ1) is 10.4. The van der Waals surface area contributed by atoms with Crippen molar-refractivity contribution in [1.82, 2.24) is 9.55 Å². The molecule has 22 heavy (non-hydrogen) atoms. The minimum Gasteiger partial charge on any atom is -0.489 e. The highest BCUT2D eigenvalue weighted by Crippen LogP contribution is 2.37. The molecule has 8 heteroatoms. The third-order valence-corrected chi connectivity index (χ3v) is 5.16. The van der Waals surface area contributed by atoms with E-state index in [1.807, 2.05) is 13.8 Å². The minimum atomic E-state index is -3.93. The molecule has 1 aromatic heterocycles. The number of hydrogen-bond acceptors (Lipinski definition) is 4. The summed E-state index contributed by atoms with van der Waals surface area (Å²) >= 11 is 0. The van der Waals surface area contributed by atoms with Crippen LogP contribution in [0.25, 0.3) is 0 Å². The van der Waals surface area contributed by atoms with Crippen LogP contribution < -0.4 is 9.04 Å². The van der Waals surface area contributed by atoms with Gasteiger partial charge in [0.15, 0.2) is 10.8 Å². The van der Waals surface area contributed by atoms with Crippen LogP contribution in [0, 0.1) is 5.82 Å². The predicted molar refractivity (Wildman–Crippen MR) is 79.0 cm³/mol. The molecule has 0 atom stereocenters. The van der Waals surface area contributed by atoms with Crippen molar-refractivity contribution < 1.29 is 17.5 Å². The van der Waals surface area contributed by atoms with E-state index in [-0.39, 0.29) is 35.7 Å². The first kappa shape index (κ1) is 14.8. The molecule has 2 heterocycles. The van der Waals surface area contributed by atoms with Gasteiger partial charge in [0.2, 0.25) is 0 Å². The Labute approximate surface area is 128 Å². The normalized spacial score (nSPS) is 14.8. The van der Waals surface area contributed by atoms with Gasteiger partial charge in [0.05, 0.1) is 12.9 Å². The van der Waals surface area contributed by atoms with Gasteiger partial charge in [-0.1, -0.05) is 6.07 Å². The highest BCUT2D eigenvalue weighted by atomic mass is 32.2. The van der Waals surface area contributed by atoms with Gasteiger partial charge in [0.25, 0.3) is 10.0 Å². The summed E-state index contributed by atoms with van der Waals surface area (Å²) in [7, 11) is -3.93. The summed E-state index contributed by atoms with van der Waals surface area (Å²) in [6, 6.07) is 4.33. The lowest BCUT2D eigenvalue weighted by molar-refractivity contribution is 0.313. The lowest BCUT2D eigenvalue weighted by Crippen LogP contribution is -2.38. The van der Waals surface area contributed by atoms with Crippen LogP contribution in [0.5, 0.6) is 5.75 Å². The Balaban J connectivity index is 2.07. The fourth-order valence-corrected chi connectivity index (χ4v) is 3.68. The molecular weight excluding hydrogens is 309 g/mol. The second-order valence-corrected chi connectivity index (χ2v) is 7.07. The number of fused-ring (bicyclic) bond motifs is 1. The number of imidazole rings is 1. The third-order valence-electron chi connectivity index (χ3n) is 3.48. The number of sulfonamides is 1. The van der Waals surface area contributed by atoms with Crippen molar-refractivity contribution in [2.24, 2.45) is 0 Å². The molecule has 0 radical (unpaired) electrons. The Morgan fingerprint density at radius 2 is 2.14 bits per heavy atom. The Morgan fingerprint density at radius 3 is 2.82 bits per heavy atom. The topological polar surface area (TPSA) is 64.4 Å². The molecule has 0 spiro atoms. The molecule has 1 aromatic carbocycles. The monoisotopic (exact) mass is 325 g/mol. The number of ether oxygens (including phenoxy) is 1. The SMILES string of the molecule is CC(C)n1cnc(S(=O)(=O)N2CCOc3cccc(F)c32)c1. The predicted octanol–water partition coefficient (Wildman–Crippen LogP) is 2.19. The lowest BCUT2D eigenvalue weighted by Gasteiger charge is -2.29. The van der Waals surface area contributed by atoms with Gasteiger partial charge in [0, 0.05) is 12.2 Å². The van der Waals surface area contributed by atoms with E-state index < -0.39 is 15.8 Å². The van der Waals surface area contributed by atoms with Crippen LogP contribution in [0.3, 0.4) is 0 Å². The smallest absolute Gasteiger partial charge is 0.283 e. The zero-order valence-electron chi connectivity index (χ0n) is 12.2. The van der Waals surface area contributed by atoms with Gasteiger partial charge in [-0.05, 0) is 26.0 Å². The van der Waals surface area contributed by atoms with Crippen molar-refractivity contribution in [3.63, 3.8) is 0 Å². The summed E-state index contributed by atoms with van der Waals surface area (Å²) < 4.78 is 47.7. The number of nitrogens with zero attached hydrogens (tertiary/aromatic N) is 3. The average Bonchev–Trinajstić information content (AvgIpc) is 2.98. The molecular formula is C14H16FN3O3S. The van der Waals surface area contributed by atoms with E-state index in [9.17, 15) is 12.8 Å².